The molecule has 0 saturated carbocycles. The first-order valence-electron chi connectivity index (χ1n) is 9.58. The molecule has 166 valence electrons. The van der Waals surface area contributed by atoms with Crippen molar-refractivity contribution in [3.8, 4) is 28.9 Å². The van der Waals surface area contributed by atoms with Gasteiger partial charge in [-0.2, -0.15) is 0 Å². The van der Waals surface area contributed by atoms with Gasteiger partial charge < -0.3 is 30.0 Å². The van der Waals surface area contributed by atoms with E-state index in [4.69, 9.17) is 24.7 Å². The lowest BCUT2D eigenvalue weighted by Gasteiger charge is -2.12. The third-order valence-electron chi connectivity index (χ3n) is 4.32. The fourth-order valence-corrected chi connectivity index (χ4v) is 2.77. The Labute approximate surface area is 185 Å². The lowest BCUT2D eigenvalue weighted by atomic mass is 10.2. The van der Waals surface area contributed by atoms with E-state index < -0.39 is 5.91 Å². The molecule has 0 aliphatic heterocycles. The molecule has 2 aromatic carbocycles. The number of carbonyl (C=O) groups is 2. The largest absolute Gasteiger partial charge is 0.493 e. The van der Waals surface area contributed by atoms with E-state index >= 15 is 0 Å². The Bertz CT molecular complexity index is 1120. The number of anilines is 1. The molecule has 0 aliphatic carbocycles. The Morgan fingerprint density at radius 1 is 0.938 bits per heavy atom. The number of pyridine rings is 1. The Morgan fingerprint density at radius 3 is 2.31 bits per heavy atom. The number of amides is 2. The second-order valence-corrected chi connectivity index (χ2v) is 6.72. The molecule has 9 heteroatoms. The molecule has 3 rings (SSSR count). The van der Waals surface area contributed by atoms with Crippen molar-refractivity contribution in [1.29, 1.82) is 0 Å². The van der Waals surface area contributed by atoms with Crippen molar-refractivity contribution in [3.63, 3.8) is 0 Å². The van der Waals surface area contributed by atoms with Gasteiger partial charge in [0.05, 0.1) is 26.1 Å². The van der Waals surface area contributed by atoms with Crippen molar-refractivity contribution < 1.29 is 28.5 Å². The van der Waals surface area contributed by atoms with Crippen LogP contribution < -0.4 is 30.0 Å². The number of nitrogens with one attached hydrogen (secondary N) is 1. The SMILES string of the molecule is COc1cc(C(=O)Nc2ccc(Oc3ccc(C)cc3OC)nc2)ccc1OCC(N)=O. The number of nitrogens with two attached hydrogens (primary N) is 1. The van der Waals surface area contributed by atoms with Gasteiger partial charge in [0.25, 0.3) is 11.8 Å². The highest BCUT2D eigenvalue weighted by Crippen LogP contribution is 2.32. The summed E-state index contributed by atoms with van der Waals surface area (Å²) >= 11 is 0. The van der Waals surface area contributed by atoms with E-state index in [0.717, 1.165) is 5.56 Å². The second-order valence-electron chi connectivity index (χ2n) is 6.72. The number of benzene rings is 2. The van der Waals surface area contributed by atoms with Gasteiger partial charge in [0.2, 0.25) is 5.88 Å². The number of ether oxygens (including phenoxy) is 4. The smallest absolute Gasteiger partial charge is 0.255 e. The van der Waals surface area contributed by atoms with Crippen LogP contribution in [0.3, 0.4) is 0 Å². The van der Waals surface area contributed by atoms with Crippen LogP contribution in [0.15, 0.2) is 54.7 Å². The number of primary amides is 1. The van der Waals surface area contributed by atoms with E-state index in [2.05, 4.69) is 10.3 Å². The average Bonchev–Trinajstić information content (AvgIpc) is 2.79. The van der Waals surface area contributed by atoms with E-state index in [1.807, 2.05) is 19.1 Å². The molecule has 1 heterocycles. The molecule has 0 spiro atoms. The number of aryl methyl sites for hydroxylation is 1. The molecule has 0 saturated heterocycles. The van der Waals surface area contributed by atoms with Crippen LogP contribution in [0.25, 0.3) is 0 Å². The third-order valence-corrected chi connectivity index (χ3v) is 4.32. The lowest BCUT2D eigenvalue weighted by Crippen LogP contribution is -2.20. The van der Waals surface area contributed by atoms with Crippen LogP contribution in [0, 0.1) is 6.92 Å². The summed E-state index contributed by atoms with van der Waals surface area (Å²) in [5, 5.41) is 2.75. The summed E-state index contributed by atoms with van der Waals surface area (Å²) in [5.74, 6) is 1.10. The first-order chi connectivity index (χ1) is 15.4. The highest BCUT2D eigenvalue weighted by Gasteiger charge is 2.13. The summed E-state index contributed by atoms with van der Waals surface area (Å²) in [6.45, 7) is 1.66. The zero-order valence-electron chi connectivity index (χ0n) is 17.9. The molecule has 1 aromatic heterocycles. The minimum atomic E-state index is -0.616. The maximum absolute atomic E-state index is 12.6. The molecular weight excluding hydrogens is 414 g/mol. The third kappa shape index (κ3) is 5.66. The van der Waals surface area contributed by atoms with Gasteiger partial charge in [0.1, 0.15) is 0 Å². The molecule has 0 aliphatic rings. The Hall–Kier alpha value is -4.27. The topological polar surface area (TPSA) is 122 Å². The van der Waals surface area contributed by atoms with Gasteiger partial charge in [0.15, 0.2) is 29.6 Å². The molecule has 2 amide bonds. The van der Waals surface area contributed by atoms with Gasteiger partial charge in [0, 0.05) is 11.6 Å². The van der Waals surface area contributed by atoms with Gasteiger partial charge in [-0.3, -0.25) is 9.59 Å². The zero-order valence-corrected chi connectivity index (χ0v) is 17.9. The molecule has 0 fully saturated rings. The molecule has 0 unspecified atom stereocenters. The summed E-state index contributed by atoms with van der Waals surface area (Å²) in [5.41, 5.74) is 6.94. The normalized spacial score (nSPS) is 10.2. The Balaban J connectivity index is 1.67. The number of hydrogen-bond donors (Lipinski definition) is 2. The van der Waals surface area contributed by atoms with Crippen molar-refractivity contribution in [2.75, 3.05) is 26.1 Å². The first kappa shape index (κ1) is 22.4. The molecule has 3 N–H and O–H groups in total. The highest BCUT2D eigenvalue weighted by atomic mass is 16.5. The highest BCUT2D eigenvalue weighted by molar-refractivity contribution is 6.04. The van der Waals surface area contributed by atoms with Gasteiger partial charge in [-0.15, -0.1) is 0 Å². The first-order valence-corrected chi connectivity index (χ1v) is 9.58. The van der Waals surface area contributed by atoms with Crippen molar-refractivity contribution in [2.24, 2.45) is 5.73 Å². The van der Waals surface area contributed by atoms with E-state index in [1.54, 1.807) is 31.4 Å². The number of methoxy groups -OCH3 is 2. The Morgan fingerprint density at radius 2 is 1.66 bits per heavy atom. The quantitative estimate of drug-likeness (QED) is 0.526. The summed E-state index contributed by atoms with van der Waals surface area (Å²) in [4.78, 5) is 27.7. The fourth-order valence-electron chi connectivity index (χ4n) is 2.77. The van der Waals surface area contributed by atoms with E-state index in [1.165, 1.54) is 25.4 Å². The van der Waals surface area contributed by atoms with Gasteiger partial charge in [-0.05, 0) is 48.9 Å². The lowest BCUT2D eigenvalue weighted by molar-refractivity contribution is -0.119. The van der Waals surface area contributed by atoms with E-state index in [9.17, 15) is 9.59 Å². The van der Waals surface area contributed by atoms with Crippen molar-refractivity contribution >= 4 is 17.5 Å². The second kappa shape index (κ2) is 10.2. The molecular formula is C23H23N3O6. The number of carbonyl (C=O) groups excluding carboxylic acids is 2. The predicted molar refractivity (Wildman–Crippen MR) is 118 cm³/mol. The van der Waals surface area contributed by atoms with Crippen LogP contribution in [-0.2, 0) is 4.79 Å². The van der Waals surface area contributed by atoms with E-state index in [-0.39, 0.29) is 12.5 Å². The van der Waals surface area contributed by atoms with Crippen LogP contribution in [-0.4, -0.2) is 37.6 Å². The number of nitrogens with zero attached hydrogens (tertiary/aromatic N) is 1. The molecule has 0 radical (unpaired) electrons. The average molecular weight is 437 g/mol. The van der Waals surface area contributed by atoms with E-state index in [0.29, 0.717) is 40.1 Å². The maximum atomic E-state index is 12.6. The van der Waals surface area contributed by atoms with Crippen molar-refractivity contribution in [3.05, 3.63) is 65.9 Å². The minimum Gasteiger partial charge on any atom is -0.493 e. The molecule has 32 heavy (non-hydrogen) atoms. The molecule has 0 bridgehead atoms. The molecule has 0 atom stereocenters. The molecule has 3 aromatic rings. The number of hydrogen-bond acceptors (Lipinski definition) is 7. The summed E-state index contributed by atoms with van der Waals surface area (Å²) < 4.78 is 21.6. The maximum Gasteiger partial charge on any atom is 0.255 e. The summed E-state index contributed by atoms with van der Waals surface area (Å²) in [6.07, 6.45) is 1.48. The Kier molecular flexibility index (Phi) is 7.12. The molecule has 9 nitrogen and oxygen atoms in total. The fraction of sp³-hybridized carbons (Fsp3) is 0.174. The van der Waals surface area contributed by atoms with Crippen molar-refractivity contribution in [2.45, 2.75) is 6.92 Å². The zero-order chi connectivity index (χ0) is 23.1. The number of aromatic nitrogens is 1. The van der Waals surface area contributed by atoms with Gasteiger partial charge in [-0.1, -0.05) is 6.07 Å². The van der Waals surface area contributed by atoms with Crippen LogP contribution in [0.2, 0.25) is 0 Å². The van der Waals surface area contributed by atoms with Crippen LogP contribution in [0.5, 0.6) is 28.9 Å². The van der Waals surface area contributed by atoms with Crippen LogP contribution in [0.4, 0.5) is 5.69 Å². The monoisotopic (exact) mass is 437 g/mol. The van der Waals surface area contributed by atoms with Gasteiger partial charge >= 0.3 is 0 Å². The number of rotatable bonds is 9. The van der Waals surface area contributed by atoms with Crippen LogP contribution >= 0.6 is 0 Å². The summed E-state index contributed by atoms with van der Waals surface area (Å²) in [6, 6.07) is 13.5. The standard InChI is InChI=1S/C23H23N3O6/c1-14-4-7-18(19(10-14)29-2)32-22-9-6-16(12-25-22)26-23(28)15-5-8-17(20(11-15)30-3)31-13-21(24)27/h4-12H,13H2,1-3H3,(H2,24,27)(H,26,28). The van der Waals surface area contributed by atoms with Crippen LogP contribution in [0.1, 0.15) is 15.9 Å². The summed E-state index contributed by atoms with van der Waals surface area (Å²) in [7, 11) is 3.00. The minimum absolute atomic E-state index is 0.295. The van der Waals surface area contributed by atoms with Crippen molar-refractivity contribution in [1.82, 2.24) is 4.98 Å². The van der Waals surface area contributed by atoms with Gasteiger partial charge in [-0.25, -0.2) is 4.98 Å². The predicted octanol–water partition coefficient (Wildman–Crippen LogP) is 3.32.